The largest absolute Gasteiger partial charge is 0.462 e. The van der Waals surface area contributed by atoms with E-state index in [-0.39, 0.29) is 5.59 Å². The lowest BCUT2D eigenvalue weighted by Crippen LogP contribution is -2.23. The zero-order chi connectivity index (χ0) is 10.6. The van der Waals surface area contributed by atoms with E-state index < -0.39 is 5.97 Å². The van der Waals surface area contributed by atoms with Crippen LogP contribution in [0.2, 0.25) is 0 Å². The van der Waals surface area contributed by atoms with E-state index in [0.29, 0.717) is 17.5 Å². The van der Waals surface area contributed by atoms with Gasteiger partial charge in [-0.2, -0.15) is 0 Å². The summed E-state index contributed by atoms with van der Waals surface area (Å²) in [6.45, 7) is 2.08. The number of ether oxygens (including phenoxy) is 1. The van der Waals surface area contributed by atoms with Crippen molar-refractivity contribution in [3.8, 4) is 0 Å². The Bertz CT molecular complexity index is 344. The van der Waals surface area contributed by atoms with E-state index >= 15 is 0 Å². The molecule has 0 amide bonds. The minimum absolute atomic E-state index is 0.209. The fourth-order valence-corrected chi connectivity index (χ4v) is 1.54. The van der Waals surface area contributed by atoms with Crippen molar-refractivity contribution in [3.63, 3.8) is 0 Å². The van der Waals surface area contributed by atoms with Gasteiger partial charge in [-0.25, -0.2) is 4.79 Å². The van der Waals surface area contributed by atoms with Gasteiger partial charge in [0, 0.05) is 17.1 Å². The second kappa shape index (κ2) is 5.15. The number of pyridine rings is 1. The number of hydrogen-bond donors (Lipinski definition) is 0. The van der Waals surface area contributed by atoms with Crippen molar-refractivity contribution in [1.29, 1.82) is 0 Å². The fourth-order valence-electron chi connectivity index (χ4n) is 1.07. The van der Waals surface area contributed by atoms with Crippen molar-refractivity contribution < 1.29 is 9.53 Å². The first-order valence-corrected chi connectivity index (χ1v) is 5.29. The molecule has 0 bridgehead atoms. The highest BCUT2D eigenvalue weighted by molar-refractivity contribution is 9.08. The van der Waals surface area contributed by atoms with Gasteiger partial charge >= 0.3 is 5.97 Å². The highest BCUT2D eigenvalue weighted by Gasteiger charge is 2.14. The zero-order valence-corrected chi connectivity index (χ0v) is 9.37. The van der Waals surface area contributed by atoms with Crippen LogP contribution in [0.4, 0.5) is 0 Å². The fraction of sp³-hybridized carbons (Fsp3) is 0.333. The third-order valence-corrected chi connectivity index (χ3v) is 2.29. The number of hydrogen-bond acceptors (Lipinski definition) is 3. The van der Waals surface area contributed by atoms with Crippen LogP contribution in [0, 0.1) is 0 Å². The predicted octanol–water partition coefficient (Wildman–Crippen LogP) is 0.947. The first kappa shape index (κ1) is 11.2. The quantitative estimate of drug-likeness (QED) is 0.458. The van der Waals surface area contributed by atoms with Gasteiger partial charge in [0.2, 0.25) is 0 Å². The second-order valence-corrected chi connectivity index (χ2v) is 3.15. The minimum Gasteiger partial charge on any atom is -0.462 e. The van der Waals surface area contributed by atoms with Crippen LogP contribution in [-0.4, -0.2) is 25.4 Å². The Morgan fingerprint density at radius 2 is 2.43 bits per heavy atom. The minimum atomic E-state index is -0.424. The molecule has 0 aliphatic rings. The van der Waals surface area contributed by atoms with Crippen LogP contribution in [0.5, 0.6) is 0 Å². The summed E-state index contributed by atoms with van der Waals surface area (Å²) in [5.41, 5.74) is 1.35. The molecule has 0 atom stereocenters. The molecular formula is C9H9BBrNO2. The summed E-state index contributed by atoms with van der Waals surface area (Å²) in [7, 11) is 5.60. The first-order chi connectivity index (χ1) is 6.70. The summed E-state index contributed by atoms with van der Waals surface area (Å²) in [5.74, 6) is -0.424. The molecule has 72 valence electrons. The van der Waals surface area contributed by atoms with E-state index in [1.807, 2.05) is 0 Å². The predicted molar refractivity (Wildman–Crippen MR) is 58.2 cm³/mol. The Labute approximate surface area is 92.4 Å². The maximum absolute atomic E-state index is 11.5. The van der Waals surface area contributed by atoms with Crippen LogP contribution in [0.25, 0.3) is 0 Å². The molecule has 1 rings (SSSR count). The molecule has 1 heterocycles. The second-order valence-electron chi connectivity index (χ2n) is 2.58. The van der Waals surface area contributed by atoms with E-state index in [1.54, 1.807) is 19.2 Å². The molecule has 2 radical (unpaired) electrons. The Balaban J connectivity index is 3.10. The highest BCUT2D eigenvalue weighted by atomic mass is 79.9. The molecule has 0 saturated carbocycles. The summed E-state index contributed by atoms with van der Waals surface area (Å²) < 4.78 is 4.87. The van der Waals surface area contributed by atoms with Gasteiger partial charge in [-0.15, -0.1) is 0 Å². The van der Waals surface area contributed by atoms with E-state index in [4.69, 9.17) is 12.6 Å². The lowest BCUT2D eigenvalue weighted by molar-refractivity contribution is 0.0527. The van der Waals surface area contributed by atoms with Gasteiger partial charge in [0.15, 0.2) is 0 Å². The molecule has 1 aromatic heterocycles. The van der Waals surface area contributed by atoms with Crippen molar-refractivity contribution in [3.05, 3.63) is 23.4 Å². The standard InChI is InChI=1S/C9H9BBrNO2/c1-2-14-9(13)7-6(5-11)3-4-12-8(7)10/h3-4H,2,5H2,1H3. The van der Waals surface area contributed by atoms with Gasteiger partial charge < -0.3 is 4.74 Å². The molecule has 14 heavy (non-hydrogen) atoms. The monoisotopic (exact) mass is 253 g/mol. The SMILES string of the molecule is [B]c1nccc(CBr)c1C(=O)OCC. The average Bonchev–Trinajstić information content (AvgIpc) is 2.17. The Morgan fingerprint density at radius 3 is 3.00 bits per heavy atom. The topological polar surface area (TPSA) is 39.2 Å². The van der Waals surface area contributed by atoms with Crippen LogP contribution in [-0.2, 0) is 10.1 Å². The normalized spacial score (nSPS) is 9.86. The lowest BCUT2D eigenvalue weighted by Gasteiger charge is -2.08. The third kappa shape index (κ3) is 2.35. The molecule has 0 N–H and O–H groups in total. The van der Waals surface area contributed by atoms with Crippen molar-refractivity contribution in [1.82, 2.24) is 4.98 Å². The maximum atomic E-state index is 11.5. The van der Waals surface area contributed by atoms with Gasteiger partial charge in [-0.1, -0.05) is 15.9 Å². The average molecular weight is 254 g/mol. The smallest absolute Gasteiger partial charge is 0.339 e. The number of carbonyl (C=O) groups is 1. The molecule has 0 fully saturated rings. The lowest BCUT2D eigenvalue weighted by atomic mass is 9.94. The molecule has 3 nitrogen and oxygen atoms in total. The third-order valence-electron chi connectivity index (χ3n) is 1.69. The number of alkyl halides is 1. The number of nitrogens with zero attached hydrogens (tertiary/aromatic N) is 1. The van der Waals surface area contributed by atoms with E-state index in [0.717, 1.165) is 5.56 Å². The van der Waals surface area contributed by atoms with Crippen molar-refractivity contribution >= 4 is 35.3 Å². The summed E-state index contributed by atoms with van der Waals surface area (Å²) in [4.78, 5) is 15.3. The molecule has 0 unspecified atom stereocenters. The molecular weight excluding hydrogens is 245 g/mol. The molecule has 0 saturated heterocycles. The van der Waals surface area contributed by atoms with Crippen molar-refractivity contribution in [2.24, 2.45) is 0 Å². The Morgan fingerprint density at radius 1 is 1.71 bits per heavy atom. The van der Waals surface area contributed by atoms with Crippen molar-refractivity contribution in [2.45, 2.75) is 12.3 Å². The van der Waals surface area contributed by atoms with Crippen LogP contribution in [0.1, 0.15) is 22.8 Å². The molecule has 0 aromatic carbocycles. The molecule has 1 aromatic rings. The number of rotatable bonds is 3. The number of halogens is 1. The first-order valence-electron chi connectivity index (χ1n) is 4.17. The summed E-state index contributed by atoms with van der Waals surface area (Å²) in [6.07, 6.45) is 1.56. The van der Waals surface area contributed by atoms with E-state index in [1.165, 1.54) is 0 Å². The summed E-state index contributed by atoms with van der Waals surface area (Å²) >= 11 is 3.27. The van der Waals surface area contributed by atoms with E-state index in [2.05, 4.69) is 20.9 Å². The highest BCUT2D eigenvalue weighted by Crippen LogP contribution is 2.10. The van der Waals surface area contributed by atoms with Gasteiger partial charge in [0.25, 0.3) is 0 Å². The molecule has 0 aliphatic carbocycles. The Kier molecular flexibility index (Phi) is 4.13. The maximum Gasteiger partial charge on any atom is 0.339 e. The number of carbonyl (C=O) groups excluding carboxylic acids is 1. The van der Waals surface area contributed by atoms with Gasteiger partial charge in [0.05, 0.1) is 12.2 Å². The van der Waals surface area contributed by atoms with Crippen molar-refractivity contribution in [2.75, 3.05) is 6.61 Å². The van der Waals surface area contributed by atoms with Crippen LogP contribution in [0.15, 0.2) is 12.3 Å². The molecule has 0 spiro atoms. The molecule has 5 heteroatoms. The number of esters is 1. The van der Waals surface area contributed by atoms with E-state index in [9.17, 15) is 4.79 Å². The summed E-state index contributed by atoms with van der Waals surface area (Å²) in [6, 6.07) is 1.73. The number of aromatic nitrogens is 1. The van der Waals surface area contributed by atoms with Crippen LogP contribution < -0.4 is 5.59 Å². The van der Waals surface area contributed by atoms with Crippen LogP contribution >= 0.6 is 15.9 Å². The van der Waals surface area contributed by atoms with Gasteiger partial charge in [0.1, 0.15) is 7.85 Å². The van der Waals surface area contributed by atoms with Gasteiger partial charge in [-0.3, -0.25) is 4.98 Å². The summed E-state index contributed by atoms with van der Waals surface area (Å²) in [5, 5.41) is 0.549. The zero-order valence-electron chi connectivity index (χ0n) is 7.79. The van der Waals surface area contributed by atoms with Gasteiger partial charge in [-0.05, 0) is 18.6 Å². The van der Waals surface area contributed by atoms with Crippen LogP contribution in [0.3, 0.4) is 0 Å². The Hall–Kier alpha value is -0.835. The molecule has 0 aliphatic heterocycles.